The Morgan fingerprint density at radius 1 is 1.00 bits per heavy atom. The van der Waals surface area contributed by atoms with Gasteiger partial charge in [0, 0.05) is 51.7 Å². The fourth-order valence-electron chi connectivity index (χ4n) is 2.19. The Bertz CT molecular complexity index is 659. The molecule has 0 amide bonds. The molecule has 0 aliphatic carbocycles. The van der Waals surface area contributed by atoms with Gasteiger partial charge in [-0.15, -0.1) is 0 Å². The van der Waals surface area contributed by atoms with Crippen LogP contribution in [-0.2, 0) is 14.2 Å². The number of esters is 1. The molecule has 0 unspecified atom stereocenters. The summed E-state index contributed by atoms with van der Waals surface area (Å²) in [5.41, 5.74) is 0.943. The first kappa shape index (κ1) is 18.2. The van der Waals surface area contributed by atoms with Gasteiger partial charge in [-0.2, -0.15) is 0 Å². The van der Waals surface area contributed by atoms with Crippen LogP contribution in [0.2, 0.25) is 0 Å². The zero-order valence-electron chi connectivity index (χ0n) is 14.1. The zero-order valence-corrected chi connectivity index (χ0v) is 14.1. The average molecular weight is 333 g/mol. The van der Waals surface area contributed by atoms with Crippen LogP contribution in [-0.4, -0.2) is 51.6 Å². The number of hydrogen-bond donors (Lipinski definition) is 0. The fourth-order valence-corrected chi connectivity index (χ4v) is 2.19. The van der Waals surface area contributed by atoms with E-state index in [1.54, 1.807) is 20.3 Å². The number of rotatable bonds is 10. The third kappa shape index (κ3) is 5.18. The predicted molar refractivity (Wildman–Crippen MR) is 90.5 cm³/mol. The van der Waals surface area contributed by atoms with E-state index < -0.39 is 5.97 Å². The van der Waals surface area contributed by atoms with Crippen LogP contribution >= 0.6 is 0 Å². The minimum absolute atomic E-state index is 0.243. The van der Waals surface area contributed by atoms with Crippen LogP contribution < -0.4 is 4.74 Å². The molecule has 24 heavy (non-hydrogen) atoms. The van der Waals surface area contributed by atoms with Crippen molar-refractivity contribution in [2.75, 3.05) is 40.6 Å². The Kier molecular flexibility index (Phi) is 7.45. The molecule has 0 aliphatic heterocycles. The number of carbonyl (C=O) groups is 1. The molecule has 1 heterocycles. The third-order valence-electron chi connectivity index (χ3n) is 3.36. The summed E-state index contributed by atoms with van der Waals surface area (Å²) in [5.74, 6) is 0.166. The molecule has 1 aromatic carbocycles. The summed E-state index contributed by atoms with van der Waals surface area (Å²) in [5, 5.41) is 0.867. The molecular weight excluding hydrogens is 310 g/mol. The van der Waals surface area contributed by atoms with Gasteiger partial charge < -0.3 is 18.9 Å². The van der Waals surface area contributed by atoms with Gasteiger partial charge >= 0.3 is 5.97 Å². The van der Waals surface area contributed by atoms with Crippen LogP contribution in [0, 0.1) is 0 Å². The highest BCUT2D eigenvalue weighted by molar-refractivity contribution is 5.94. The predicted octanol–water partition coefficient (Wildman–Crippen LogP) is 2.84. The zero-order chi connectivity index (χ0) is 17.2. The van der Waals surface area contributed by atoms with Crippen molar-refractivity contribution in [3.63, 3.8) is 0 Å². The van der Waals surface area contributed by atoms with Crippen LogP contribution in [0.3, 0.4) is 0 Å². The molecule has 6 nitrogen and oxygen atoms in total. The SMILES string of the molecule is COCCCOC(=O)c1cc(OCCCOC)c2ccccc2n1. The van der Waals surface area contributed by atoms with Crippen molar-refractivity contribution in [2.24, 2.45) is 0 Å². The average Bonchev–Trinajstić information content (AvgIpc) is 2.62. The maximum absolute atomic E-state index is 12.2. The molecule has 0 atom stereocenters. The summed E-state index contributed by atoms with van der Waals surface area (Å²) in [6, 6.07) is 9.18. The van der Waals surface area contributed by atoms with Crippen LogP contribution in [0.15, 0.2) is 30.3 Å². The Morgan fingerprint density at radius 2 is 1.71 bits per heavy atom. The molecule has 0 radical (unpaired) electrons. The number of para-hydroxylation sites is 1. The second kappa shape index (κ2) is 9.85. The van der Waals surface area contributed by atoms with E-state index >= 15 is 0 Å². The highest BCUT2D eigenvalue weighted by Gasteiger charge is 2.14. The van der Waals surface area contributed by atoms with Crippen LogP contribution in [0.4, 0.5) is 0 Å². The summed E-state index contributed by atoms with van der Waals surface area (Å²) in [6.45, 7) is 1.97. The van der Waals surface area contributed by atoms with Crippen molar-refractivity contribution in [1.29, 1.82) is 0 Å². The Balaban J connectivity index is 2.13. The van der Waals surface area contributed by atoms with Gasteiger partial charge in [0.1, 0.15) is 5.75 Å². The molecule has 0 bridgehead atoms. The molecule has 0 aliphatic rings. The monoisotopic (exact) mass is 333 g/mol. The number of hydrogen-bond acceptors (Lipinski definition) is 6. The summed E-state index contributed by atoms with van der Waals surface area (Å²) < 4.78 is 21.0. The molecule has 1 aromatic heterocycles. The third-order valence-corrected chi connectivity index (χ3v) is 3.36. The number of methoxy groups -OCH3 is 2. The molecule has 6 heteroatoms. The van der Waals surface area contributed by atoms with E-state index in [2.05, 4.69) is 4.98 Å². The Hall–Kier alpha value is -2.18. The van der Waals surface area contributed by atoms with E-state index in [1.165, 1.54) is 0 Å². The lowest BCUT2D eigenvalue weighted by atomic mass is 10.2. The normalized spacial score (nSPS) is 10.8. The number of benzene rings is 1. The second-order valence-electron chi connectivity index (χ2n) is 5.20. The van der Waals surface area contributed by atoms with Crippen LogP contribution in [0.1, 0.15) is 23.3 Å². The number of fused-ring (bicyclic) bond motifs is 1. The maximum atomic E-state index is 12.2. The summed E-state index contributed by atoms with van der Waals surface area (Å²) in [6.07, 6.45) is 1.42. The van der Waals surface area contributed by atoms with Crippen LogP contribution in [0.25, 0.3) is 10.9 Å². The minimum Gasteiger partial charge on any atom is -0.493 e. The molecular formula is C18H23NO5. The smallest absolute Gasteiger partial charge is 0.357 e. The quantitative estimate of drug-likeness (QED) is 0.492. The van der Waals surface area contributed by atoms with Gasteiger partial charge in [0.15, 0.2) is 5.69 Å². The minimum atomic E-state index is -0.460. The van der Waals surface area contributed by atoms with Crippen molar-refractivity contribution < 1.29 is 23.7 Å². The van der Waals surface area contributed by atoms with E-state index in [0.717, 1.165) is 11.8 Å². The standard InChI is InChI=1S/C18H23NO5/c1-21-9-5-11-23-17-13-16(18(20)24-12-6-10-22-2)19-15-8-4-3-7-14(15)17/h3-4,7-8,13H,5-6,9-12H2,1-2H3. The van der Waals surface area contributed by atoms with E-state index in [9.17, 15) is 4.79 Å². The molecule has 130 valence electrons. The number of pyridine rings is 1. The molecule has 0 N–H and O–H groups in total. The van der Waals surface area contributed by atoms with E-state index in [0.29, 0.717) is 44.1 Å². The van der Waals surface area contributed by atoms with E-state index in [4.69, 9.17) is 18.9 Å². The molecule has 0 spiro atoms. The van der Waals surface area contributed by atoms with Crippen molar-refractivity contribution >= 4 is 16.9 Å². The van der Waals surface area contributed by atoms with E-state index in [1.807, 2.05) is 24.3 Å². The van der Waals surface area contributed by atoms with Crippen molar-refractivity contribution in [3.05, 3.63) is 36.0 Å². The first-order chi connectivity index (χ1) is 11.8. The number of ether oxygens (including phenoxy) is 4. The number of aromatic nitrogens is 1. The van der Waals surface area contributed by atoms with Gasteiger partial charge in [0.05, 0.1) is 18.7 Å². The molecule has 2 aromatic rings. The number of carbonyl (C=O) groups excluding carboxylic acids is 1. The first-order valence-corrected chi connectivity index (χ1v) is 7.94. The van der Waals surface area contributed by atoms with Gasteiger partial charge in [0.2, 0.25) is 0 Å². The van der Waals surface area contributed by atoms with E-state index in [-0.39, 0.29) is 5.69 Å². The maximum Gasteiger partial charge on any atom is 0.357 e. The van der Waals surface area contributed by atoms with Crippen LogP contribution in [0.5, 0.6) is 5.75 Å². The highest BCUT2D eigenvalue weighted by Crippen LogP contribution is 2.26. The summed E-state index contributed by atoms with van der Waals surface area (Å²) in [7, 11) is 3.26. The molecule has 0 saturated heterocycles. The largest absolute Gasteiger partial charge is 0.493 e. The second-order valence-corrected chi connectivity index (χ2v) is 5.20. The van der Waals surface area contributed by atoms with Gasteiger partial charge in [-0.3, -0.25) is 0 Å². The van der Waals surface area contributed by atoms with Gasteiger partial charge in [0.25, 0.3) is 0 Å². The van der Waals surface area contributed by atoms with Crippen molar-refractivity contribution in [1.82, 2.24) is 4.98 Å². The molecule has 0 saturated carbocycles. The first-order valence-electron chi connectivity index (χ1n) is 7.94. The Morgan fingerprint density at radius 3 is 2.46 bits per heavy atom. The molecule has 0 fully saturated rings. The number of nitrogens with zero attached hydrogens (tertiary/aromatic N) is 1. The molecule has 2 rings (SSSR count). The lowest BCUT2D eigenvalue weighted by molar-refractivity contribution is 0.0461. The van der Waals surface area contributed by atoms with Gasteiger partial charge in [-0.1, -0.05) is 12.1 Å². The summed E-state index contributed by atoms with van der Waals surface area (Å²) in [4.78, 5) is 16.5. The summed E-state index contributed by atoms with van der Waals surface area (Å²) >= 11 is 0. The van der Waals surface area contributed by atoms with Gasteiger partial charge in [-0.05, 0) is 12.1 Å². The fraction of sp³-hybridized carbons (Fsp3) is 0.444. The lowest BCUT2D eigenvalue weighted by Crippen LogP contribution is -2.11. The Labute approximate surface area is 141 Å². The van der Waals surface area contributed by atoms with Crippen molar-refractivity contribution in [2.45, 2.75) is 12.8 Å². The highest BCUT2D eigenvalue weighted by atomic mass is 16.5. The lowest BCUT2D eigenvalue weighted by Gasteiger charge is -2.11. The topological polar surface area (TPSA) is 66.9 Å². The van der Waals surface area contributed by atoms with Gasteiger partial charge in [-0.25, -0.2) is 9.78 Å². The van der Waals surface area contributed by atoms with Crippen molar-refractivity contribution in [3.8, 4) is 5.75 Å².